The van der Waals surface area contributed by atoms with Crippen molar-refractivity contribution >= 4 is 11.5 Å². The molecule has 0 aliphatic carbocycles. The fourth-order valence-corrected chi connectivity index (χ4v) is 2.53. The molecule has 27 heavy (non-hydrogen) atoms. The summed E-state index contributed by atoms with van der Waals surface area (Å²) in [7, 11) is 0. The van der Waals surface area contributed by atoms with Crippen LogP contribution in [0.5, 0.6) is 5.75 Å². The van der Waals surface area contributed by atoms with Crippen molar-refractivity contribution in [2.75, 3.05) is 5.32 Å². The topological polar surface area (TPSA) is 86.0 Å². The lowest BCUT2D eigenvalue weighted by atomic mass is 10.2. The second kappa shape index (κ2) is 7.65. The van der Waals surface area contributed by atoms with Gasteiger partial charge in [0, 0.05) is 24.1 Å². The van der Waals surface area contributed by atoms with Crippen LogP contribution in [0.15, 0.2) is 71.7 Å². The fourth-order valence-electron chi connectivity index (χ4n) is 2.53. The maximum Gasteiger partial charge on any atom is 0.152 e. The number of ether oxygens (including phenoxy) is 1. The summed E-state index contributed by atoms with van der Waals surface area (Å²) in [5, 5.41) is 3.28. The fraction of sp³-hybridized carbons (Fsp3) is 0.100. The Hall–Kier alpha value is -3.74. The van der Waals surface area contributed by atoms with Gasteiger partial charge in [0.1, 0.15) is 29.7 Å². The summed E-state index contributed by atoms with van der Waals surface area (Å²) in [6.45, 7) is 2.22. The number of furan rings is 1. The molecule has 4 rings (SSSR count). The van der Waals surface area contributed by atoms with Crippen LogP contribution in [0.2, 0.25) is 0 Å². The van der Waals surface area contributed by atoms with E-state index in [4.69, 9.17) is 9.15 Å². The van der Waals surface area contributed by atoms with E-state index in [1.807, 2.05) is 49.4 Å². The largest absolute Gasteiger partial charge is 0.487 e. The highest BCUT2D eigenvalue weighted by atomic mass is 16.5. The van der Waals surface area contributed by atoms with Crippen molar-refractivity contribution in [2.24, 2.45) is 0 Å². The van der Waals surface area contributed by atoms with E-state index >= 15 is 0 Å². The molecule has 0 amide bonds. The van der Waals surface area contributed by atoms with Crippen molar-refractivity contribution in [1.29, 1.82) is 0 Å². The van der Waals surface area contributed by atoms with Gasteiger partial charge in [0.05, 0.1) is 18.2 Å². The molecule has 0 unspecified atom stereocenters. The van der Waals surface area contributed by atoms with Crippen molar-refractivity contribution in [2.45, 2.75) is 13.5 Å². The van der Waals surface area contributed by atoms with Crippen LogP contribution in [-0.4, -0.2) is 19.9 Å². The minimum atomic E-state index is 0.373. The molecule has 3 aromatic heterocycles. The van der Waals surface area contributed by atoms with Crippen LogP contribution in [0, 0.1) is 6.92 Å². The van der Waals surface area contributed by atoms with Gasteiger partial charge in [-0.2, -0.15) is 0 Å². The van der Waals surface area contributed by atoms with Gasteiger partial charge < -0.3 is 14.5 Å². The zero-order valence-corrected chi connectivity index (χ0v) is 14.7. The van der Waals surface area contributed by atoms with Crippen LogP contribution in [0.4, 0.5) is 11.5 Å². The third-order valence-corrected chi connectivity index (χ3v) is 3.74. The molecule has 4 aromatic rings. The van der Waals surface area contributed by atoms with Gasteiger partial charge in [-0.3, -0.25) is 9.97 Å². The number of rotatable bonds is 6. The Balaban J connectivity index is 1.44. The van der Waals surface area contributed by atoms with Gasteiger partial charge in [0.2, 0.25) is 0 Å². The number of nitrogens with one attached hydrogen (secondary N) is 1. The Kier molecular flexibility index (Phi) is 4.74. The van der Waals surface area contributed by atoms with Gasteiger partial charge in [-0.15, -0.1) is 0 Å². The molecule has 0 saturated carbocycles. The monoisotopic (exact) mass is 359 g/mol. The Morgan fingerprint density at radius 3 is 2.70 bits per heavy atom. The van der Waals surface area contributed by atoms with E-state index in [0.29, 0.717) is 24.0 Å². The average Bonchev–Trinajstić information content (AvgIpc) is 3.23. The number of nitrogens with zero attached hydrogens (tertiary/aromatic N) is 4. The summed E-state index contributed by atoms with van der Waals surface area (Å²) in [6, 6.07) is 13.2. The first-order valence-electron chi connectivity index (χ1n) is 8.40. The van der Waals surface area contributed by atoms with Crippen molar-refractivity contribution in [3.63, 3.8) is 0 Å². The number of aryl methyl sites for hydroxylation is 1. The molecule has 0 saturated heterocycles. The first-order chi connectivity index (χ1) is 13.3. The summed E-state index contributed by atoms with van der Waals surface area (Å²) >= 11 is 0. The lowest BCUT2D eigenvalue weighted by Gasteiger charge is -2.09. The molecule has 0 fully saturated rings. The maximum absolute atomic E-state index is 5.72. The quantitative estimate of drug-likeness (QED) is 0.553. The Labute approximate surface area is 156 Å². The van der Waals surface area contributed by atoms with E-state index in [9.17, 15) is 0 Å². The van der Waals surface area contributed by atoms with Gasteiger partial charge >= 0.3 is 0 Å². The van der Waals surface area contributed by atoms with E-state index < -0.39 is 0 Å². The molecule has 7 nitrogen and oxygen atoms in total. The van der Waals surface area contributed by atoms with Crippen LogP contribution in [0.3, 0.4) is 0 Å². The summed E-state index contributed by atoms with van der Waals surface area (Å²) in [5.74, 6) is 2.81. The predicted octanol–water partition coefficient (Wildman–Crippen LogP) is 4.16. The zero-order valence-electron chi connectivity index (χ0n) is 14.7. The Morgan fingerprint density at radius 2 is 1.96 bits per heavy atom. The number of aromatic nitrogens is 4. The molecule has 3 heterocycles. The van der Waals surface area contributed by atoms with Crippen molar-refractivity contribution in [3.8, 4) is 17.2 Å². The van der Waals surface area contributed by atoms with E-state index in [2.05, 4.69) is 25.3 Å². The first kappa shape index (κ1) is 16.7. The molecular weight excluding hydrogens is 342 g/mol. The van der Waals surface area contributed by atoms with Gasteiger partial charge in [0.15, 0.2) is 5.76 Å². The SMILES string of the molecule is Cc1nc(Nc2ccc(OCc3cnccn3)cc2)cc(-c2ccco2)n1. The molecule has 0 spiro atoms. The molecule has 1 aromatic carbocycles. The molecular formula is C20H17N5O2. The summed E-state index contributed by atoms with van der Waals surface area (Å²) in [4.78, 5) is 17.0. The number of hydrogen-bond donors (Lipinski definition) is 1. The summed E-state index contributed by atoms with van der Waals surface area (Å²) < 4.78 is 11.1. The molecule has 1 N–H and O–H groups in total. The third kappa shape index (κ3) is 4.27. The van der Waals surface area contributed by atoms with Gasteiger partial charge in [0.25, 0.3) is 0 Å². The molecule has 0 bridgehead atoms. The Bertz CT molecular complexity index is 1000. The van der Waals surface area contributed by atoms with Gasteiger partial charge in [-0.1, -0.05) is 0 Å². The minimum absolute atomic E-state index is 0.373. The van der Waals surface area contributed by atoms with E-state index in [0.717, 1.165) is 22.8 Å². The normalized spacial score (nSPS) is 10.6. The second-order valence-electron chi connectivity index (χ2n) is 5.80. The smallest absolute Gasteiger partial charge is 0.152 e. The zero-order chi connectivity index (χ0) is 18.5. The molecule has 134 valence electrons. The summed E-state index contributed by atoms with van der Waals surface area (Å²) in [5.41, 5.74) is 2.41. The number of benzene rings is 1. The molecule has 0 aliphatic rings. The highest BCUT2D eigenvalue weighted by molar-refractivity contribution is 5.63. The number of anilines is 2. The van der Waals surface area contributed by atoms with E-state index in [1.165, 1.54) is 0 Å². The molecule has 0 aliphatic heterocycles. The maximum atomic E-state index is 5.72. The average molecular weight is 359 g/mol. The van der Waals surface area contributed by atoms with Crippen LogP contribution < -0.4 is 10.1 Å². The van der Waals surface area contributed by atoms with Crippen LogP contribution in [0.1, 0.15) is 11.5 Å². The first-order valence-corrected chi connectivity index (χ1v) is 8.40. The van der Waals surface area contributed by atoms with Crippen LogP contribution in [-0.2, 0) is 6.61 Å². The predicted molar refractivity (Wildman–Crippen MR) is 101 cm³/mol. The number of hydrogen-bond acceptors (Lipinski definition) is 7. The van der Waals surface area contributed by atoms with Gasteiger partial charge in [-0.05, 0) is 43.3 Å². The lowest BCUT2D eigenvalue weighted by molar-refractivity contribution is 0.301. The molecule has 0 atom stereocenters. The molecule has 7 heteroatoms. The van der Waals surface area contributed by atoms with E-state index in [1.54, 1.807) is 24.9 Å². The molecule has 0 radical (unpaired) electrons. The van der Waals surface area contributed by atoms with Crippen molar-refractivity contribution in [3.05, 3.63) is 78.8 Å². The van der Waals surface area contributed by atoms with Crippen LogP contribution in [0.25, 0.3) is 11.5 Å². The minimum Gasteiger partial charge on any atom is -0.487 e. The lowest BCUT2D eigenvalue weighted by Crippen LogP contribution is -2.00. The highest BCUT2D eigenvalue weighted by Crippen LogP contribution is 2.24. The highest BCUT2D eigenvalue weighted by Gasteiger charge is 2.07. The van der Waals surface area contributed by atoms with Crippen molar-refractivity contribution in [1.82, 2.24) is 19.9 Å². The van der Waals surface area contributed by atoms with Crippen LogP contribution >= 0.6 is 0 Å². The second-order valence-corrected chi connectivity index (χ2v) is 5.80. The Morgan fingerprint density at radius 1 is 1.07 bits per heavy atom. The van der Waals surface area contributed by atoms with Gasteiger partial charge in [-0.25, -0.2) is 9.97 Å². The standard InChI is InChI=1S/C20H17N5O2/c1-14-23-18(19-3-2-10-26-19)11-20(24-14)25-15-4-6-17(7-5-15)27-13-16-12-21-8-9-22-16/h2-12H,13H2,1H3,(H,23,24,25). The van der Waals surface area contributed by atoms with E-state index in [-0.39, 0.29) is 0 Å². The third-order valence-electron chi connectivity index (χ3n) is 3.74. The van der Waals surface area contributed by atoms with Crippen molar-refractivity contribution < 1.29 is 9.15 Å². The summed E-state index contributed by atoms with van der Waals surface area (Å²) in [6.07, 6.45) is 6.59.